The third kappa shape index (κ3) is 5.08. The number of rotatable bonds is 8. The van der Waals surface area contributed by atoms with Crippen LogP contribution in [0, 0.1) is 5.92 Å². The Hall–Kier alpha value is -1.69. The van der Waals surface area contributed by atoms with Crippen LogP contribution in [0.25, 0.3) is 0 Å². The summed E-state index contributed by atoms with van der Waals surface area (Å²) in [6.07, 6.45) is 10.9. The molecule has 1 N–H and O–H groups in total. The molecule has 2 heterocycles. The van der Waals surface area contributed by atoms with Gasteiger partial charge in [-0.2, -0.15) is 0 Å². The first-order valence-corrected chi connectivity index (χ1v) is 11.6. The highest BCUT2D eigenvalue weighted by atomic mass is 16.5. The normalized spacial score (nSPS) is 26.2. The van der Waals surface area contributed by atoms with Crippen molar-refractivity contribution in [1.82, 2.24) is 15.4 Å². The topological polar surface area (TPSA) is 75.4 Å². The van der Waals surface area contributed by atoms with E-state index in [4.69, 9.17) is 4.52 Å². The van der Waals surface area contributed by atoms with Crippen molar-refractivity contribution in [2.45, 2.75) is 102 Å². The van der Waals surface area contributed by atoms with Crippen LogP contribution in [0.5, 0.6) is 0 Å². The van der Waals surface area contributed by atoms with Crippen molar-refractivity contribution in [3.63, 3.8) is 0 Å². The minimum absolute atomic E-state index is 0.122. The van der Waals surface area contributed by atoms with E-state index in [0.717, 1.165) is 38.0 Å². The number of amides is 1. The molecule has 1 aliphatic heterocycles. The van der Waals surface area contributed by atoms with E-state index in [1.165, 1.54) is 32.1 Å². The third-order valence-corrected chi connectivity index (χ3v) is 6.92. The molecule has 0 aromatic carbocycles. The summed E-state index contributed by atoms with van der Waals surface area (Å²) in [6.45, 7) is 4.92. The molecule has 4 rings (SSSR count). The zero-order chi connectivity index (χ0) is 20.4. The molecular formula is C23H35N3O3. The van der Waals surface area contributed by atoms with Crippen LogP contribution in [0.2, 0.25) is 0 Å². The second kappa shape index (κ2) is 8.99. The SMILES string of the molecule is CC(C)c1cc(C(=O)N[C@@H]2C[C@@H](CCC(=O)C3CCCCC3)N(C3CC3)C2)no1. The van der Waals surface area contributed by atoms with Gasteiger partial charge in [-0.15, -0.1) is 0 Å². The van der Waals surface area contributed by atoms with Gasteiger partial charge >= 0.3 is 0 Å². The Bertz CT molecular complexity index is 719. The molecule has 0 bridgehead atoms. The van der Waals surface area contributed by atoms with E-state index >= 15 is 0 Å². The molecule has 1 saturated heterocycles. The first-order valence-electron chi connectivity index (χ1n) is 11.6. The Morgan fingerprint density at radius 2 is 1.97 bits per heavy atom. The third-order valence-electron chi connectivity index (χ3n) is 6.92. The number of aromatic nitrogens is 1. The summed E-state index contributed by atoms with van der Waals surface area (Å²) in [5.74, 6) is 1.57. The molecule has 3 fully saturated rings. The van der Waals surface area contributed by atoms with Crippen molar-refractivity contribution in [3.8, 4) is 0 Å². The molecule has 3 aliphatic rings. The first kappa shape index (κ1) is 20.6. The average Bonchev–Trinajstić information content (AvgIpc) is 3.29. The van der Waals surface area contributed by atoms with Gasteiger partial charge in [-0.25, -0.2) is 0 Å². The minimum atomic E-state index is -0.152. The Morgan fingerprint density at radius 1 is 1.21 bits per heavy atom. The van der Waals surface area contributed by atoms with E-state index in [1.54, 1.807) is 6.07 Å². The van der Waals surface area contributed by atoms with E-state index in [-0.39, 0.29) is 17.9 Å². The second-order valence-electron chi connectivity index (χ2n) is 9.60. The zero-order valence-electron chi connectivity index (χ0n) is 17.9. The summed E-state index contributed by atoms with van der Waals surface area (Å²) < 4.78 is 5.27. The lowest BCUT2D eigenvalue weighted by atomic mass is 9.84. The molecule has 2 atom stereocenters. The van der Waals surface area contributed by atoms with Crippen molar-refractivity contribution in [3.05, 3.63) is 17.5 Å². The molecule has 2 saturated carbocycles. The number of carbonyl (C=O) groups excluding carboxylic acids is 2. The molecule has 6 nitrogen and oxygen atoms in total. The predicted molar refractivity (Wildman–Crippen MR) is 111 cm³/mol. The van der Waals surface area contributed by atoms with Gasteiger partial charge in [0.25, 0.3) is 5.91 Å². The average molecular weight is 402 g/mol. The number of likely N-dealkylation sites (tertiary alicyclic amines) is 1. The lowest BCUT2D eigenvalue weighted by Gasteiger charge is -2.25. The van der Waals surface area contributed by atoms with Crippen LogP contribution >= 0.6 is 0 Å². The van der Waals surface area contributed by atoms with Gasteiger partial charge in [0.05, 0.1) is 0 Å². The highest BCUT2D eigenvalue weighted by Gasteiger charge is 2.41. The number of hydrogen-bond donors (Lipinski definition) is 1. The first-order chi connectivity index (χ1) is 14.0. The molecule has 2 aliphatic carbocycles. The maximum absolute atomic E-state index is 12.6. The minimum Gasteiger partial charge on any atom is -0.360 e. The van der Waals surface area contributed by atoms with Crippen LogP contribution in [0.4, 0.5) is 0 Å². The quantitative estimate of drug-likeness (QED) is 0.711. The molecule has 0 spiro atoms. The van der Waals surface area contributed by atoms with Crippen molar-refractivity contribution in [2.24, 2.45) is 5.92 Å². The Balaban J connectivity index is 1.30. The number of nitrogens with zero attached hydrogens (tertiary/aromatic N) is 2. The zero-order valence-corrected chi connectivity index (χ0v) is 17.9. The van der Waals surface area contributed by atoms with Crippen LogP contribution in [-0.2, 0) is 4.79 Å². The smallest absolute Gasteiger partial charge is 0.273 e. The lowest BCUT2D eigenvalue weighted by molar-refractivity contribution is -0.124. The van der Waals surface area contributed by atoms with Gasteiger partial charge in [-0.05, 0) is 38.5 Å². The fourth-order valence-corrected chi connectivity index (χ4v) is 5.05. The second-order valence-corrected chi connectivity index (χ2v) is 9.60. The van der Waals surface area contributed by atoms with Gasteiger partial charge in [-0.3, -0.25) is 14.5 Å². The van der Waals surface area contributed by atoms with Crippen molar-refractivity contribution in [2.75, 3.05) is 6.54 Å². The van der Waals surface area contributed by atoms with Gasteiger partial charge in [0.1, 0.15) is 11.5 Å². The van der Waals surface area contributed by atoms with Crippen LogP contribution in [0.1, 0.15) is 100 Å². The van der Waals surface area contributed by atoms with Gasteiger partial charge in [0, 0.05) is 49.0 Å². The van der Waals surface area contributed by atoms with Crippen LogP contribution in [-0.4, -0.2) is 46.4 Å². The fourth-order valence-electron chi connectivity index (χ4n) is 5.05. The van der Waals surface area contributed by atoms with Crippen LogP contribution in [0.3, 0.4) is 0 Å². The fraction of sp³-hybridized carbons (Fsp3) is 0.783. The summed E-state index contributed by atoms with van der Waals surface area (Å²) in [6, 6.07) is 2.92. The van der Waals surface area contributed by atoms with Gasteiger partial charge in [0.2, 0.25) is 0 Å². The molecule has 1 aromatic heterocycles. The number of carbonyl (C=O) groups is 2. The van der Waals surface area contributed by atoms with Crippen molar-refractivity contribution in [1.29, 1.82) is 0 Å². The molecule has 1 aromatic rings. The summed E-state index contributed by atoms with van der Waals surface area (Å²) in [5.41, 5.74) is 0.364. The Kier molecular flexibility index (Phi) is 6.38. The molecule has 0 unspecified atom stereocenters. The number of hydrogen-bond acceptors (Lipinski definition) is 5. The molecular weight excluding hydrogens is 366 g/mol. The molecule has 0 radical (unpaired) electrons. The maximum atomic E-state index is 12.6. The summed E-state index contributed by atoms with van der Waals surface area (Å²) in [5, 5.41) is 7.08. The molecule has 6 heteroatoms. The van der Waals surface area contributed by atoms with E-state index in [1.807, 2.05) is 13.8 Å². The van der Waals surface area contributed by atoms with E-state index < -0.39 is 0 Å². The van der Waals surface area contributed by atoms with Crippen molar-refractivity contribution >= 4 is 11.7 Å². The number of ketones is 1. The lowest BCUT2D eigenvalue weighted by Crippen LogP contribution is -2.38. The van der Waals surface area contributed by atoms with Gasteiger partial charge in [0.15, 0.2) is 5.69 Å². The standard InChI is InChI=1S/C23H35N3O3/c1-15(2)22-13-20(25-29-22)23(28)24-17-12-19(26(14-17)18-8-9-18)10-11-21(27)16-6-4-3-5-7-16/h13,15-19H,3-12,14H2,1-2H3,(H,24,28)/t17-,19-/m1/s1. The Labute approximate surface area is 173 Å². The predicted octanol–water partition coefficient (Wildman–Crippen LogP) is 4.06. The van der Waals surface area contributed by atoms with E-state index in [2.05, 4.69) is 15.4 Å². The van der Waals surface area contributed by atoms with Crippen LogP contribution < -0.4 is 5.32 Å². The molecule has 29 heavy (non-hydrogen) atoms. The highest BCUT2D eigenvalue weighted by molar-refractivity contribution is 5.92. The Morgan fingerprint density at radius 3 is 2.62 bits per heavy atom. The number of Topliss-reactive ketones (excluding diaryl/α,β-unsaturated/α-hetero) is 1. The monoisotopic (exact) mass is 401 g/mol. The highest BCUT2D eigenvalue weighted by Crippen LogP contribution is 2.36. The maximum Gasteiger partial charge on any atom is 0.273 e. The van der Waals surface area contributed by atoms with Crippen LogP contribution in [0.15, 0.2) is 10.6 Å². The van der Waals surface area contributed by atoms with E-state index in [9.17, 15) is 9.59 Å². The largest absolute Gasteiger partial charge is 0.360 e. The van der Waals surface area contributed by atoms with Gasteiger partial charge in [-0.1, -0.05) is 38.3 Å². The van der Waals surface area contributed by atoms with E-state index in [0.29, 0.717) is 35.9 Å². The van der Waals surface area contributed by atoms with Gasteiger partial charge < -0.3 is 9.84 Å². The summed E-state index contributed by atoms with van der Waals surface area (Å²) in [7, 11) is 0. The molecule has 1 amide bonds. The van der Waals surface area contributed by atoms with Crippen molar-refractivity contribution < 1.29 is 14.1 Å². The number of nitrogens with one attached hydrogen (secondary N) is 1. The summed E-state index contributed by atoms with van der Waals surface area (Å²) >= 11 is 0. The summed E-state index contributed by atoms with van der Waals surface area (Å²) in [4.78, 5) is 27.8. The molecule has 160 valence electrons.